The summed E-state index contributed by atoms with van der Waals surface area (Å²) in [5.41, 5.74) is 0.262. The molecule has 0 radical (unpaired) electrons. The van der Waals surface area contributed by atoms with Gasteiger partial charge in [-0.2, -0.15) is 0 Å². The average Bonchev–Trinajstić information content (AvgIpc) is 2.63. The van der Waals surface area contributed by atoms with E-state index in [4.69, 9.17) is 5.14 Å². The summed E-state index contributed by atoms with van der Waals surface area (Å²) in [5, 5.41) is 21.3. The van der Waals surface area contributed by atoms with E-state index >= 15 is 0 Å². The van der Waals surface area contributed by atoms with Gasteiger partial charge in [-0.05, 0) is 0 Å². The summed E-state index contributed by atoms with van der Waals surface area (Å²) >= 11 is 2.96. The van der Waals surface area contributed by atoms with Gasteiger partial charge < -0.3 is 0 Å². The molecule has 0 saturated carbocycles. The minimum atomic E-state index is -2.64. The zero-order chi connectivity index (χ0) is 22.0. The number of hydrogen-bond donors (Lipinski definition) is 5. The molecule has 6 N–H and O–H groups in total. The van der Waals surface area contributed by atoms with Crippen LogP contribution in [0.5, 0.6) is 0 Å². The van der Waals surface area contributed by atoms with Gasteiger partial charge in [0.1, 0.15) is 0 Å². The Labute approximate surface area is 193 Å². The van der Waals surface area contributed by atoms with E-state index in [9.17, 15) is 17.2 Å². The quantitative estimate of drug-likeness (QED) is 0.0378. The van der Waals surface area contributed by atoms with Crippen LogP contribution in [0.1, 0.15) is 13.3 Å². The summed E-state index contributed by atoms with van der Waals surface area (Å²) < 4.78 is 37.5. The van der Waals surface area contributed by atoms with Crippen molar-refractivity contribution >= 4 is 59.9 Å². The van der Waals surface area contributed by atoms with Crippen LogP contribution < -0.4 is 35.9 Å². The van der Waals surface area contributed by atoms with Crippen LogP contribution in [0.4, 0.5) is 4.39 Å². The molecule has 0 aromatic heterocycles. The van der Waals surface area contributed by atoms with Gasteiger partial charge in [-0.25, -0.2) is 0 Å². The van der Waals surface area contributed by atoms with E-state index in [1.54, 1.807) is 6.08 Å². The van der Waals surface area contributed by atoms with Gasteiger partial charge in [-0.15, -0.1) is 0 Å². The molecule has 29 heavy (non-hydrogen) atoms. The summed E-state index contributed by atoms with van der Waals surface area (Å²) in [7, 11) is -1.13. The summed E-state index contributed by atoms with van der Waals surface area (Å²) in [5.74, 6) is 3.33. The zero-order valence-corrected chi connectivity index (χ0v) is 21.2. The van der Waals surface area contributed by atoms with E-state index in [0.29, 0.717) is 17.4 Å². The molecule has 0 amide bonds. The first-order valence-electron chi connectivity index (χ1n) is 8.15. The van der Waals surface area contributed by atoms with Gasteiger partial charge in [0.15, 0.2) is 0 Å². The Morgan fingerprint density at radius 1 is 1.66 bits per heavy atom. The molecule has 0 spiro atoms. The molecule has 166 valence electrons. The van der Waals surface area contributed by atoms with Crippen LogP contribution in [0.2, 0.25) is 0 Å². The maximum absolute atomic E-state index is 13.5. The van der Waals surface area contributed by atoms with Gasteiger partial charge in [0.2, 0.25) is 0 Å². The number of allylic oxidation sites excluding steroid dienone is 2. The normalized spacial score (nSPS) is 22.0. The van der Waals surface area contributed by atoms with Crippen molar-refractivity contribution in [1.29, 1.82) is 0 Å². The number of amidine groups is 1. The number of oxime groups is 1. The molecule has 0 bridgehead atoms. The van der Waals surface area contributed by atoms with E-state index in [0.717, 1.165) is 0 Å². The average molecular weight is 626 g/mol. The Bertz CT molecular complexity index is 832. The van der Waals surface area contributed by atoms with E-state index in [2.05, 4.69) is 45.8 Å². The summed E-state index contributed by atoms with van der Waals surface area (Å²) in [6, 6.07) is -0.377. The standard InChI is InChI=1S/C15H24BrFIN6O3S2/c1-9(7-21-8-29(3,19)27)28-15(24-26)13(20-2)14(23-18-25)22-10-4-5-12(17)11(16)6-10/h5-6,9-10,21,25-26H,3-4,7-8H2,1-2H3,(H2,19,27)(H,22,23)/q-1/b20-13?,24-15+. The molecule has 0 aliphatic heterocycles. The van der Waals surface area contributed by atoms with Crippen molar-refractivity contribution in [2.75, 3.05) is 19.5 Å². The monoisotopic (exact) mass is 625 g/mol. The third-order valence-electron chi connectivity index (χ3n) is 3.36. The Morgan fingerprint density at radius 3 is 2.86 bits per heavy atom. The number of rotatable bonds is 9. The molecular formula is C15H24BrFIN6O3S2-. The predicted molar refractivity (Wildman–Crippen MR) is 119 cm³/mol. The van der Waals surface area contributed by atoms with Crippen LogP contribution in [0.25, 0.3) is 0 Å². The van der Waals surface area contributed by atoms with Crippen molar-refractivity contribution in [3.8, 4) is 0 Å². The minimum absolute atomic E-state index is 0.0639. The second-order valence-electron chi connectivity index (χ2n) is 5.90. The van der Waals surface area contributed by atoms with Gasteiger partial charge in [-0.1, -0.05) is 0 Å². The third kappa shape index (κ3) is 9.89. The topological polar surface area (TPSA) is 145 Å². The van der Waals surface area contributed by atoms with Crippen LogP contribution in [0.15, 0.2) is 37.6 Å². The molecule has 0 heterocycles. The van der Waals surface area contributed by atoms with Crippen LogP contribution in [0, 0.1) is 0 Å². The first-order valence-corrected chi connectivity index (χ1v) is 13.8. The van der Waals surface area contributed by atoms with Gasteiger partial charge >= 0.3 is 195 Å². The molecule has 3 atom stereocenters. The number of halogens is 3. The fraction of sp³-hybridized carbons (Fsp3) is 0.467. The molecule has 9 nitrogen and oxygen atoms in total. The number of nitrogens with one attached hydrogen (secondary N) is 2. The SMILES string of the molecule is C=S(N)(=O)CNCC(C)S/C(=N/O)C(=NC)C(=NC1C=C(Br)C(F)=CC1)N[I-]O. The maximum atomic E-state index is 13.5. The summed E-state index contributed by atoms with van der Waals surface area (Å²) in [6.45, 7) is 2.30. The van der Waals surface area contributed by atoms with Crippen molar-refractivity contribution in [2.24, 2.45) is 20.3 Å². The van der Waals surface area contributed by atoms with Gasteiger partial charge in [-0.3, -0.25) is 0 Å². The van der Waals surface area contributed by atoms with Gasteiger partial charge in [0.05, 0.1) is 0 Å². The molecule has 0 aromatic rings. The van der Waals surface area contributed by atoms with E-state index in [-0.39, 0.29) is 39.6 Å². The Morgan fingerprint density at radius 2 is 2.34 bits per heavy atom. The number of nitrogens with two attached hydrogens (primary N) is 1. The van der Waals surface area contributed by atoms with Crippen LogP contribution in [0.3, 0.4) is 0 Å². The first kappa shape index (κ1) is 26.5. The molecule has 1 rings (SSSR count). The Kier molecular flexibility index (Phi) is 11.9. The van der Waals surface area contributed by atoms with Gasteiger partial charge in [0, 0.05) is 0 Å². The van der Waals surface area contributed by atoms with Crippen LogP contribution in [-0.2, 0) is 9.71 Å². The van der Waals surface area contributed by atoms with Crippen LogP contribution in [-0.4, -0.2) is 66.1 Å². The van der Waals surface area contributed by atoms with E-state index in [1.165, 1.54) is 24.9 Å². The van der Waals surface area contributed by atoms with Crippen molar-refractivity contribution in [3.63, 3.8) is 0 Å². The number of nitrogens with zero attached hydrogens (tertiary/aromatic N) is 3. The molecule has 1 aliphatic carbocycles. The fourth-order valence-electron chi connectivity index (χ4n) is 2.16. The predicted octanol–water partition coefficient (Wildman–Crippen LogP) is -2.09. The summed E-state index contributed by atoms with van der Waals surface area (Å²) in [4.78, 5) is 8.64. The van der Waals surface area contributed by atoms with E-state index in [1.807, 2.05) is 6.92 Å². The summed E-state index contributed by atoms with van der Waals surface area (Å²) in [6.07, 6.45) is 3.36. The molecule has 0 aromatic carbocycles. The first-order chi connectivity index (χ1) is 13.6. The number of aliphatic imine (C=N–C) groups is 2. The molecule has 0 fully saturated rings. The van der Waals surface area contributed by atoms with Crippen molar-refractivity contribution < 1.29 is 39.1 Å². The van der Waals surface area contributed by atoms with Crippen molar-refractivity contribution in [2.45, 2.75) is 24.6 Å². The number of hydrogen-bond acceptors (Lipinski definition) is 8. The molecule has 0 saturated heterocycles. The van der Waals surface area contributed by atoms with Gasteiger partial charge in [0.25, 0.3) is 0 Å². The van der Waals surface area contributed by atoms with Crippen molar-refractivity contribution in [3.05, 3.63) is 22.5 Å². The van der Waals surface area contributed by atoms with E-state index < -0.39 is 31.6 Å². The fourth-order valence-corrected chi connectivity index (χ4v) is 4.64. The third-order valence-corrected chi connectivity index (χ3v) is 6.52. The number of thioether (sulfide) groups is 1. The molecule has 1 aliphatic rings. The zero-order valence-electron chi connectivity index (χ0n) is 15.8. The Hall–Kier alpha value is -0.520. The second kappa shape index (κ2) is 13.0. The van der Waals surface area contributed by atoms with Crippen molar-refractivity contribution in [1.82, 2.24) is 8.85 Å². The molecule has 3 unspecified atom stereocenters. The Balaban J connectivity index is 2.94. The molecular weight excluding hydrogens is 602 g/mol. The second-order valence-corrected chi connectivity index (χ2v) is 11.2. The van der Waals surface area contributed by atoms with Crippen LogP contribution >= 0.6 is 27.7 Å². The molecule has 14 heteroatoms.